The topological polar surface area (TPSA) is 9.23 Å². The van der Waals surface area contributed by atoms with E-state index in [0.717, 1.165) is 11.6 Å². The van der Waals surface area contributed by atoms with Gasteiger partial charge in [0.1, 0.15) is 0 Å². The highest BCUT2D eigenvalue weighted by molar-refractivity contribution is 6.30. The van der Waals surface area contributed by atoms with Crippen LogP contribution < -0.4 is 0 Å². The summed E-state index contributed by atoms with van der Waals surface area (Å²) in [5, 5.41) is 0.811. The zero-order valence-electron chi connectivity index (χ0n) is 10.5. The van der Waals surface area contributed by atoms with E-state index in [1.54, 1.807) is 0 Å². The Labute approximate surface area is 109 Å². The highest BCUT2D eigenvalue weighted by Gasteiger charge is 2.22. The van der Waals surface area contributed by atoms with Crippen molar-refractivity contribution in [3.05, 3.63) is 34.9 Å². The molecular weight excluding hydrogens is 232 g/mol. The van der Waals surface area contributed by atoms with Gasteiger partial charge in [-0.3, -0.25) is 0 Å². The van der Waals surface area contributed by atoms with Crippen LogP contribution in [0, 0.1) is 0 Å². The van der Waals surface area contributed by atoms with E-state index in [1.165, 1.54) is 37.7 Å². The van der Waals surface area contributed by atoms with Crippen LogP contribution in [0.2, 0.25) is 5.02 Å². The second kappa shape index (κ2) is 6.42. The van der Waals surface area contributed by atoms with Gasteiger partial charge >= 0.3 is 0 Å². The fourth-order valence-corrected chi connectivity index (χ4v) is 2.59. The minimum absolute atomic E-state index is 0.499. The molecule has 0 N–H and O–H groups in total. The van der Waals surface area contributed by atoms with Crippen LogP contribution in [0.4, 0.5) is 0 Å². The summed E-state index contributed by atoms with van der Waals surface area (Å²) in [5.74, 6) is 0.560. The van der Waals surface area contributed by atoms with Crippen molar-refractivity contribution in [1.29, 1.82) is 0 Å². The number of hydrogen-bond donors (Lipinski definition) is 0. The molecule has 0 saturated carbocycles. The Balaban J connectivity index is 1.84. The van der Waals surface area contributed by atoms with Crippen LogP contribution in [-0.4, -0.2) is 12.7 Å². The Morgan fingerprint density at radius 3 is 2.59 bits per heavy atom. The smallest absolute Gasteiger partial charge is 0.0575 e. The Bertz CT molecular complexity index is 325. The van der Waals surface area contributed by atoms with Crippen molar-refractivity contribution < 1.29 is 4.74 Å². The van der Waals surface area contributed by atoms with Gasteiger partial charge in [0.25, 0.3) is 0 Å². The summed E-state index contributed by atoms with van der Waals surface area (Å²) in [7, 11) is 0. The third kappa shape index (κ3) is 3.72. The molecule has 17 heavy (non-hydrogen) atoms. The highest BCUT2D eigenvalue weighted by atomic mass is 35.5. The molecular formula is C15H21ClO. The molecule has 1 aliphatic heterocycles. The molecule has 2 heteroatoms. The molecule has 1 nitrogen and oxygen atoms in total. The Kier molecular flexibility index (Phi) is 4.87. The summed E-state index contributed by atoms with van der Waals surface area (Å²) >= 11 is 5.90. The molecule has 1 aromatic rings. The van der Waals surface area contributed by atoms with Gasteiger partial charge < -0.3 is 4.74 Å². The van der Waals surface area contributed by atoms with Gasteiger partial charge in [0, 0.05) is 10.9 Å². The molecule has 0 aliphatic carbocycles. The van der Waals surface area contributed by atoms with Crippen molar-refractivity contribution in [2.45, 2.75) is 51.0 Å². The number of ether oxygens (including phenoxy) is 1. The average Bonchev–Trinajstić information content (AvgIpc) is 2.38. The number of rotatable bonds is 4. The molecule has 2 atom stereocenters. The van der Waals surface area contributed by atoms with Crippen molar-refractivity contribution in [1.82, 2.24) is 0 Å². The Hall–Kier alpha value is -0.530. The lowest BCUT2D eigenvalue weighted by Crippen LogP contribution is -2.24. The molecule has 2 rings (SSSR count). The molecule has 1 aromatic carbocycles. The summed E-state index contributed by atoms with van der Waals surface area (Å²) in [6, 6.07) is 8.20. The minimum atomic E-state index is 0.499. The molecule has 94 valence electrons. The lowest BCUT2D eigenvalue weighted by molar-refractivity contribution is -0.00189. The van der Waals surface area contributed by atoms with E-state index in [0.29, 0.717) is 12.0 Å². The summed E-state index contributed by atoms with van der Waals surface area (Å²) in [5.41, 5.74) is 1.36. The lowest BCUT2D eigenvalue weighted by atomic mass is 9.90. The number of hydrogen-bond acceptors (Lipinski definition) is 1. The highest BCUT2D eigenvalue weighted by Crippen LogP contribution is 2.30. The third-order valence-electron chi connectivity index (χ3n) is 3.59. The maximum Gasteiger partial charge on any atom is 0.0575 e. The largest absolute Gasteiger partial charge is 0.378 e. The van der Waals surface area contributed by atoms with Gasteiger partial charge in [-0.15, -0.1) is 0 Å². The van der Waals surface area contributed by atoms with Crippen molar-refractivity contribution in [3.8, 4) is 0 Å². The van der Waals surface area contributed by atoms with Gasteiger partial charge in [0.05, 0.1) is 12.7 Å². The van der Waals surface area contributed by atoms with E-state index in [4.69, 9.17) is 16.3 Å². The first-order valence-corrected chi connectivity index (χ1v) is 7.04. The quantitative estimate of drug-likeness (QED) is 0.749. The number of benzene rings is 1. The number of halogens is 1. The third-order valence-corrected chi connectivity index (χ3v) is 3.84. The minimum Gasteiger partial charge on any atom is -0.378 e. The Morgan fingerprint density at radius 1 is 1.24 bits per heavy atom. The van der Waals surface area contributed by atoms with E-state index in [9.17, 15) is 0 Å². The van der Waals surface area contributed by atoms with Crippen molar-refractivity contribution in [2.24, 2.45) is 0 Å². The van der Waals surface area contributed by atoms with Gasteiger partial charge in [-0.1, -0.05) is 43.5 Å². The number of unbranched alkanes of at least 4 members (excludes halogenated alkanes) is 1. The molecule has 0 bridgehead atoms. The van der Waals surface area contributed by atoms with Crippen LogP contribution in [0.15, 0.2) is 24.3 Å². The van der Waals surface area contributed by atoms with Gasteiger partial charge in [-0.05, 0) is 37.0 Å². The SMILES string of the molecule is CCCCC1CCC(c2ccc(Cl)cc2)CO1. The van der Waals surface area contributed by atoms with Crippen molar-refractivity contribution in [2.75, 3.05) is 6.61 Å². The first kappa shape index (κ1) is 12.9. The summed E-state index contributed by atoms with van der Waals surface area (Å²) in [6.07, 6.45) is 6.72. The second-order valence-electron chi connectivity index (χ2n) is 4.92. The maximum absolute atomic E-state index is 5.94. The molecule has 0 radical (unpaired) electrons. The summed E-state index contributed by atoms with van der Waals surface area (Å²) in [6.45, 7) is 3.11. The van der Waals surface area contributed by atoms with Gasteiger partial charge in [0.2, 0.25) is 0 Å². The first-order chi connectivity index (χ1) is 8.29. The van der Waals surface area contributed by atoms with Crippen LogP contribution in [0.5, 0.6) is 0 Å². The van der Waals surface area contributed by atoms with E-state index >= 15 is 0 Å². The monoisotopic (exact) mass is 252 g/mol. The zero-order valence-corrected chi connectivity index (χ0v) is 11.2. The maximum atomic E-state index is 5.94. The zero-order chi connectivity index (χ0) is 12.1. The van der Waals surface area contributed by atoms with E-state index in [1.807, 2.05) is 12.1 Å². The van der Waals surface area contributed by atoms with Crippen LogP contribution in [-0.2, 0) is 4.74 Å². The molecule has 0 aromatic heterocycles. The predicted molar refractivity (Wildman–Crippen MR) is 72.7 cm³/mol. The molecule has 1 saturated heterocycles. The van der Waals surface area contributed by atoms with Crippen molar-refractivity contribution in [3.63, 3.8) is 0 Å². The van der Waals surface area contributed by atoms with Gasteiger partial charge in [-0.2, -0.15) is 0 Å². The lowest BCUT2D eigenvalue weighted by Gasteiger charge is -2.29. The molecule has 1 aliphatic rings. The molecule has 1 heterocycles. The predicted octanol–water partition coefficient (Wildman–Crippen LogP) is 4.79. The van der Waals surface area contributed by atoms with Crippen LogP contribution in [0.1, 0.15) is 50.5 Å². The Morgan fingerprint density at radius 2 is 2.00 bits per heavy atom. The van der Waals surface area contributed by atoms with Crippen LogP contribution in [0.25, 0.3) is 0 Å². The molecule has 1 fully saturated rings. The van der Waals surface area contributed by atoms with E-state index in [2.05, 4.69) is 19.1 Å². The van der Waals surface area contributed by atoms with Crippen LogP contribution >= 0.6 is 11.6 Å². The standard InChI is InChI=1S/C15H21ClO/c1-2-3-4-15-10-7-13(11-17-15)12-5-8-14(16)9-6-12/h5-6,8-9,13,15H,2-4,7,10-11H2,1H3. The molecule has 0 spiro atoms. The van der Waals surface area contributed by atoms with Gasteiger partial charge in [0.15, 0.2) is 0 Å². The van der Waals surface area contributed by atoms with E-state index in [-0.39, 0.29) is 0 Å². The van der Waals surface area contributed by atoms with Crippen molar-refractivity contribution >= 4 is 11.6 Å². The average molecular weight is 253 g/mol. The fraction of sp³-hybridized carbons (Fsp3) is 0.600. The van der Waals surface area contributed by atoms with E-state index < -0.39 is 0 Å². The second-order valence-corrected chi connectivity index (χ2v) is 5.36. The summed E-state index contributed by atoms with van der Waals surface area (Å²) in [4.78, 5) is 0. The molecule has 0 amide bonds. The fourth-order valence-electron chi connectivity index (χ4n) is 2.46. The normalized spacial score (nSPS) is 24.8. The first-order valence-electron chi connectivity index (χ1n) is 6.66. The van der Waals surface area contributed by atoms with Gasteiger partial charge in [-0.25, -0.2) is 0 Å². The summed E-state index contributed by atoms with van der Waals surface area (Å²) < 4.78 is 5.94. The van der Waals surface area contributed by atoms with Crippen LogP contribution in [0.3, 0.4) is 0 Å². The molecule has 2 unspecified atom stereocenters.